The van der Waals surface area contributed by atoms with Crippen molar-refractivity contribution in [1.29, 1.82) is 0 Å². The summed E-state index contributed by atoms with van der Waals surface area (Å²) in [5, 5.41) is 9.47. The van der Waals surface area contributed by atoms with E-state index < -0.39 is 0 Å². The summed E-state index contributed by atoms with van der Waals surface area (Å²) in [6.07, 6.45) is 0.828. The van der Waals surface area contributed by atoms with Crippen molar-refractivity contribution in [3.63, 3.8) is 0 Å². The van der Waals surface area contributed by atoms with Gasteiger partial charge in [0.25, 0.3) is 0 Å². The van der Waals surface area contributed by atoms with Gasteiger partial charge in [0.05, 0.1) is 0 Å². The molecule has 18 heavy (non-hydrogen) atoms. The fourth-order valence-corrected chi connectivity index (χ4v) is 2.69. The molecule has 2 rings (SSSR count). The molecule has 0 amide bonds. The van der Waals surface area contributed by atoms with Crippen molar-refractivity contribution in [2.24, 2.45) is 0 Å². The zero-order valence-corrected chi connectivity index (χ0v) is 12.2. The lowest BCUT2D eigenvalue weighted by molar-refractivity contribution is 0.474. The van der Waals surface area contributed by atoms with Crippen LogP contribution in [0.15, 0.2) is 53.0 Å². The van der Waals surface area contributed by atoms with Crippen molar-refractivity contribution in [1.82, 2.24) is 0 Å². The highest BCUT2D eigenvalue weighted by atomic mass is 79.9. The van der Waals surface area contributed by atoms with Crippen LogP contribution in [-0.4, -0.2) is 11.0 Å². The van der Waals surface area contributed by atoms with Crippen LogP contribution in [0.25, 0.3) is 0 Å². The fourth-order valence-electron chi connectivity index (χ4n) is 1.99. The predicted octanol–water partition coefficient (Wildman–Crippen LogP) is 4.72. The van der Waals surface area contributed by atoms with E-state index in [1.807, 2.05) is 24.3 Å². The van der Waals surface area contributed by atoms with E-state index in [0.29, 0.717) is 11.6 Å². The standard InChI is InChI=1S/C15H14BrClO/c16-14-5-2-4-12(9-14)13(10-17)7-11-3-1-6-15(18)8-11/h1-6,8-9,13,18H,7,10H2. The zero-order valence-electron chi connectivity index (χ0n) is 9.81. The van der Waals surface area contributed by atoms with Crippen LogP contribution >= 0.6 is 27.5 Å². The quantitative estimate of drug-likeness (QED) is 0.806. The molecule has 3 heteroatoms. The van der Waals surface area contributed by atoms with Crippen molar-refractivity contribution < 1.29 is 5.11 Å². The smallest absolute Gasteiger partial charge is 0.115 e. The average molecular weight is 326 g/mol. The van der Waals surface area contributed by atoms with Crippen LogP contribution in [0.3, 0.4) is 0 Å². The number of phenols is 1. The Morgan fingerprint density at radius 1 is 1.11 bits per heavy atom. The van der Waals surface area contributed by atoms with E-state index in [2.05, 4.69) is 28.1 Å². The molecular weight excluding hydrogens is 312 g/mol. The van der Waals surface area contributed by atoms with Gasteiger partial charge in [-0.15, -0.1) is 11.6 Å². The highest BCUT2D eigenvalue weighted by Gasteiger charge is 2.12. The van der Waals surface area contributed by atoms with Crippen LogP contribution in [-0.2, 0) is 6.42 Å². The molecule has 0 fully saturated rings. The van der Waals surface area contributed by atoms with Gasteiger partial charge in [0.1, 0.15) is 5.75 Å². The molecule has 0 aliphatic heterocycles. The second kappa shape index (κ2) is 6.26. The summed E-state index contributed by atoms with van der Waals surface area (Å²) in [5.41, 5.74) is 2.31. The van der Waals surface area contributed by atoms with E-state index in [1.165, 1.54) is 5.56 Å². The van der Waals surface area contributed by atoms with Crippen LogP contribution in [0.4, 0.5) is 0 Å². The second-order valence-corrected chi connectivity index (χ2v) is 5.50. The first-order valence-corrected chi connectivity index (χ1v) is 7.11. The highest BCUT2D eigenvalue weighted by molar-refractivity contribution is 9.10. The summed E-state index contributed by atoms with van der Waals surface area (Å²) in [6, 6.07) is 15.5. The van der Waals surface area contributed by atoms with E-state index >= 15 is 0 Å². The van der Waals surface area contributed by atoms with Crippen molar-refractivity contribution >= 4 is 27.5 Å². The molecule has 0 radical (unpaired) electrons. The predicted molar refractivity (Wildman–Crippen MR) is 79.4 cm³/mol. The Morgan fingerprint density at radius 2 is 1.89 bits per heavy atom. The molecule has 0 aliphatic carbocycles. The first kappa shape index (κ1) is 13.4. The van der Waals surface area contributed by atoms with E-state index in [4.69, 9.17) is 11.6 Å². The molecule has 2 aromatic carbocycles. The van der Waals surface area contributed by atoms with E-state index in [1.54, 1.807) is 12.1 Å². The highest BCUT2D eigenvalue weighted by Crippen LogP contribution is 2.26. The third-order valence-electron chi connectivity index (χ3n) is 2.90. The normalized spacial score (nSPS) is 12.3. The Morgan fingerprint density at radius 3 is 2.56 bits per heavy atom. The minimum Gasteiger partial charge on any atom is -0.508 e. The number of benzene rings is 2. The number of phenolic OH excluding ortho intramolecular Hbond substituents is 1. The Labute approximate surface area is 121 Å². The molecule has 0 aliphatic rings. The first-order chi connectivity index (χ1) is 8.69. The monoisotopic (exact) mass is 324 g/mol. The first-order valence-electron chi connectivity index (χ1n) is 5.78. The van der Waals surface area contributed by atoms with Crippen molar-refractivity contribution in [3.05, 3.63) is 64.1 Å². The summed E-state index contributed by atoms with van der Waals surface area (Å²) in [6.45, 7) is 0. The van der Waals surface area contributed by atoms with Gasteiger partial charge in [-0.2, -0.15) is 0 Å². The lowest BCUT2D eigenvalue weighted by Crippen LogP contribution is -2.04. The van der Waals surface area contributed by atoms with Gasteiger partial charge in [-0.05, 0) is 41.8 Å². The maximum Gasteiger partial charge on any atom is 0.115 e. The lowest BCUT2D eigenvalue weighted by atomic mass is 9.93. The molecule has 1 atom stereocenters. The fraction of sp³-hybridized carbons (Fsp3) is 0.200. The molecule has 1 nitrogen and oxygen atoms in total. The molecule has 0 saturated heterocycles. The van der Waals surface area contributed by atoms with Crippen molar-refractivity contribution in [2.45, 2.75) is 12.3 Å². The van der Waals surface area contributed by atoms with Gasteiger partial charge < -0.3 is 5.11 Å². The molecule has 0 heterocycles. The topological polar surface area (TPSA) is 20.2 Å². The zero-order chi connectivity index (χ0) is 13.0. The summed E-state index contributed by atoms with van der Waals surface area (Å²) < 4.78 is 1.06. The summed E-state index contributed by atoms with van der Waals surface area (Å²) in [4.78, 5) is 0. The minimum absolute atomic E-state index is 0.256. The molecular formula is C15H14BrClO. The number of rotatable bonds is 4. The number of alkyl halides is 1. The second-order valence-electron chi connectivity index (χ2n) is 4.28. The maximum absolute atomic E-state index is 9.47. The summed E-state index contributed by atoms with van der Waals surface area (Å²) in [5.74, 6) is 1.12. The van der Waals surface area contributed by atoms with Crippen LogP contribution < -0.4 is 0 Å². The van der Waals surface area contributed by atoms with E-state index in [-0.39, 0.29) is 5.92 Å². The summed E-state index contributed by atoms with van der Waals surface area (Å²) >= 11 is 9.54. The van der Waals surface area contributed by atoms with Crippen LogP contribution in [0.2, 0.25) is 0 Å². The molecule has 1 N–H and O–H groups in total. The largest absolute Gasteiger partial charge is 0.508 e. The molecule has 0 saturated carbocycles. The Bertz CT molecular complexity index is 527. The molecule has 0 spiro atoms. The molecule has 0 aromatic heterocycles. The van der Waals surface area contributed by atoms with Crippen LogP contribution in [0.5, 0.6) is 5.75 Å². The number of hydrogen-bond acceptors (Lipinski definition) is 1. The molecule has 0 bridgehead atoms. The minimum atomic E-state index is 0.256. The number of halogens is 2. The van der Waals surface area contributed by atoms with Crippen LogP contribution in [0, 0.1) is 0 Å². The lowest BCUT2D eigenvalue weighted by Gasteiger charge is -2.15. The third kappa shape index (κ3) is 3.50. The van der Waals surface area contributed by atoms with E-state index in [0.717, 1.165) is 16.5 Å². The third-order valence-corrected chi connectivity index (χ3v) is 3.76. The Kier molecular flexibility index (Phi) is 4.67. The van der Waals surface area contributed by atoms with Gasteiger partial charge in [0, 0.05) is 16.3 Å². The Hall–Kier alpha value is -0.990. The van der Waals surface area contributed by atoms with Gasteiger partial charge in [-0.1, -0.05) is 40.2 Å². The molecule has 94 valence electrons. The van der Waals surface area contributed by atoms with Crippen molar-refractivity contribution in [2.75, 3.05) is 5.88 Å². The van der Waals surface area contributed by atoms with Gasteiger partial charge in [0.15, 0.2) is 0 Å². The average Bonchev–Trinajstić information content (AvgIpc) is 2.36. The Balaban J connectivity index is 2.19. The number of hydrogen-bond donors (Lipinski definition) is 1. The van der Waals surface area contributed by atoms with Gasteiger partial charge in [-0.3, -0.25) is 0 Å². The summed E-state index contributed by atoms with van der Waals surface area (Å²) in [7, 11) is 0. The number of aromatic hydroxyl groups is 1. The van der Waals surface area contributed by atoms with Crippen molar-refractivity contribution in [3.8, 4) is 5.75 Å². The maximum atomic E-state index is 9.47. The van der Waals surface area contributed by atoms with Gasteiger partial charge in [-0.25, -0.2) is 0 Å². The van der Waals surface area contributed by atoms with Gasteiger partial charge >= 0.3 is 0 Å². The molecule has 2 aromatic rings. The molecule has 1 unspecified atom stereocenters. The van der Waals surface area contributed by atoms with E-state index in [9.17, 15) is 5.11 Å². The van der Waals surface area contributed by atoms with Crippen LogP contribution in [0.1, 0.15) is 17.0 Å². The SMILES string of the molecule is Oc1cccc(CC(CCl)c2cccc(Br)c2)c1. The van der Waals surface area contributed by atoms with Gasteiger partial charge in [0.2, 0.25) is 0 Å².